The summed E-state index contributed by atoms with van der Waals surface area (Å²) < 4.78 is 5.01. The Hall–Kier alpha value is -0.610. The lowest BCUT2D eigenvalue weighted by molar-refractivity contribution is -0.139. The molecular formula is C9H19NO3. The molecule has 0 unspecified atom stereocenters. The predicted octanol–water partition coefficient (Wildman–Crippen LogP) is 1.12. The van der Waals surface area contributed by atoms with Crippen LogP contribution in [0, 0.1) is 5.92 Å². The largest absolute Gasteiger partial charge is 0.372 e. The standard InChI is InChI=1S/C9H19NO3/c1-4-5-12-7-9(11)10-13-6-8(2)3/h8H,4-7H2,1-3H3,(H,10,11). The van der Waals surface area contributed by atoms with Gasteiger partial charge in [-0.25, -0.2) is 5.48 Å². The van der Waals surface area contributed by atoms with Crippen LogP contribution < -0.4 is 5.48 Å². The lowest BCUT2D eigenvalue weighted by atomic mass is 10.2. The average Bonchev–Trinajstić information content (AvgIpc) is 2.04. The Balaban J connectivity index is 3.20. The summed E-state index contributed by atoms with van der Waals surface area (Å²) in [5.74, 6) is 0.186. The van der Waals surface area contributed by atoms with Crippen LogP contribution in [0.15, 0.2) is 0 Å². The van der Waals surface area contributed by atoms with Gasteiger partial charge >= 0.3 is 0 Å². The first-order valence-corrected chi connectivity index (χ1v) is 4.65. The van der Waals surface area contributed by atoms with E-state index < -0.39 is 0 Å². The minimum absolute atomic E-state index is 0.0753. The topological polar surface area (TPSA) is 47.6 Å². The van der Waals surface area contributed by atoms with Crippen molar-refractivity contribution in [1.29, 1.82) is 0 Å². The molecule has 0 heterocycles. The second-order valence-electron chi connectivity index (χ2n) is 3.28. The number of carbonyl (C=O) groups is 1. The fraction of sp³-hybridized carbons (Fsp3) is 0.889. The molecule has 4 nitrogen and oxygen atoms in total. The number of hydrogen-bond acceptors (Lipinski definition) is 3. The highest BCUT2D eigenvalue weighted by Gasteiger charge is 2.00. The first-order valence-electron chi connectivity index (χ1n) is 4.65. The van der Waals surface area contributed by atoms with Crippen LogP contribution in [0.5, 0.6) is 0 Å². The maximum atomic E-state index is 10.9. The van der Waals surface area contributed by atoms with Crippen molar-refractivity contribution in [3.63, 3.8) is 0 Å². The fourth-order valence-electron chi connectivity index (χ4n) is 0.627. The van der Waals surface area contributed by atoms with E-state index in [9.17, 15) is 4.79 Å². The van der Waals surface area contributed by atoms with Crippen LogP contribution in [0.2, 0.25) is 0 Å². The van der Waals surface area contributed by atoms with Gasteiger partial charge in [-0.2, -0.15) is 0 Å². The fourth-order valence-corrected chi connectivity index (χ4v) is 0.627. The predicted molar refractivity (Wildman–Crippen MR) is 50.0 cm³/mol. The summed E-state index contributed by atoms with van der Waals surface area (Å²) in [6.45, 7) is 7.23. The first kappa shape index (κ1) is 12.4. The molecule has 0 fully saturated rings. The normalized spacial score (nSPS) is 10.5. The molecule has 1 N–H and O–H groups in total. The van der Waals surface area contributed by atoms with Gasteiger partial charge in [-0.05, 0) is 12.3 Å². The van der Waals surface area contributed by atoms with Gasteiger partial charge in [-0.15, -0.1) is 0 Å². The second kappa shape index (κ2) is 8.01. The third kappa shape index (κ3) is 9.30. The van der Waals surface area contributed by atoms with Crippen LogP contribution in [0.1, 0.15) is 27.2 Å². The smallest absolute Gasteiger partial charge is 0.269 e. The number of hydrogen-bond donors (Lipinski definition) is 1. The molecule has 0 aromatic heterocycles. The summed E-state index contributed by atoms with van der Waals surface area (Å²) in [5.41, 5.74) is 2.31. The van der Waals surface area contributed by atoms with E-state index in [2.05, 4.69) is 5.48 Å². The monoisotopic (exact) mass is 189 g/mol. The first-order chi connectivity index (χ1) is 6.16. The van der Waals surface area contributed by atoms with E-state index in [1.54, 1.807) is 0 Å². The zero-order chi connectivity index (χ0) is 10.1. The maximum absolute atomic E-state index is 10.9. The molecule has 0 saturated heterocycles. The summed E-state index contributed by atoms with van der Waals surface area (Å²) in [5, 5.41) is 0. The van der Waals surface area contributed by atoms with E-state index in [-0.39, 0.29) is 12.5 Å². The Morgan fingerprint density at radius 3 is 2.69 bits per heavy atom. The summed E-state index contributed by atoms with van der Waals surface area (Å²) >= 11 is 0. The highest BCUT2D eigenvalue weighted by molar-refractivity contribution is 5.75. The van der Waals surface area contributed by atoms with Crippen molar-refractivity contribution in [2.45, 2.75) is 27.2 Å². The number of nitrogens with one attached hydrogen (secondary N) is 1. The summed E-state index contributed by atoms with van der Waals surface area (Å²) in [4.78, 5) is 15.8. The third-order valence-corrected chi connectivity index (χ3v) is 1.18. The Labute approximate surface area is 79.6 Å². The van der Waals surface area contributed by atoms with Crippen molar-refractivity contribution in [3.05, 3.63) is 0 Å². The van der Waals surface area contributed by atoms with E-state index >= 15 is 0 Å². The molecule has 4 heteroatoms. The van der Waals surface area contributed by atoms with Gasteiger partial charge in [0.1, 0.15) is 6.61 Å². The summed E-state index contributed by atoms with van der Waals surface area (Å²) in [7, 11) is 0. The average molecular weight is 189 g/mol. The van der Waals surface area contributed by atoms with Crippen molar-refractivity contribution in [2.24, 2.45) is 5.92 Å². The Bertz CT molecular complexity index is 137. The summed E-state index contributed by atoms with van der Waals surface area (Å²) in [6.07, 6.45) is 0.917. The van der Waals surface area contributed by atoms with Crippen LogP contribution in [-0.4, -0.2) is 25.7 Å². The van der Waals surface area contributed by atoms with Gasteiger partial charge in [0.25, 0.3) is 5.91 Å². The molecule has 0 spiro atoms. The van der Waals surface area contributed by atoms with Gasteiger partial charge in [-0.3, -0.25) is 9.63 Å². The molecule has 1 amide bonds. The molecule has 0 bridgehead atoms. The minimum atomic E-state index is -0.228. The zero-order valence-electron chi connectivity index (χ0n) is 8.63. The number of hydroxylamine groups is 1. The van der Waals surface area contributed by atoms with E-state index in [0.29, 0.717) is 19.1 Å². The van der Waals surface area contributed by atoms with Crippen molar-refractivity contribution in [1.82, 2.24) is 5.48 Å². The van der Waals surface area contributed by atoms with Crippen molar-refractivity contribution in [3.8, 4) is 0 Å². The lowest BCUT2D eigenvalue weighted by Crippen LogP contribution is -2.29. The number of carbonyl (C=O) groups excluding carboxylic acids is 1. The van der Waals surface area contributed by atoms with Gasteiger partial charge < -0.3 is 4.74 Å². The van der Waals surface area contributed by atoms with Gasteiger partial charge in [0.15, 0.2) is 0 Å². The van der Waals surface area contributed by atoms with Crippen LogP contribution in [0.4, 0.5) is 0 Å². The molecule has 0 aromatic carbocycles. The third-order valence-electron chi connectivity index (χ3n) is 1.18. The van der Waals surface area contributed by atoms with E-state index in [1.807, 2.05) is 20.8 Å². The Morgan fingerprint density at radius 2 is 2.15 bits per heavy atom. The molecule has 0 aliphatic rings. The van der Waals surface area contributed by atoms with E-state index in [1.165, 1.54) is 0 Å². The van der Waals surface area contributed by atoms with Crippen molar-refractivity contribution < 1.29 is 14.4 Å². The molecule has 78 valence electrons. The van der Waals surface area contributed by atoms with Crippen LogP contribution in [-0.2, 0) is 14.4 Å². The number of rotatable bonds is 7. The van der Waals surface area contributed by atoms with Crippen LogP contribution >= 0.6 is 0 Å². The lowest BCUT2D eigenvalue weighted by Gasteiger charge is -2.07. The summed E-state index contributed by atoms with van der Waals surface area (Å²) in [6, 6.07) is 0. The molecule has 0 atom stereocenters. The molecule has 13 heavy (non-hydrogen) atoms. The van der Waals surface area contributed by atoms with Gasteiger partial charge in [0.05, 0.1) is 6.61 Å². The van der Waals surface area contributed by atoms with E-state index in [0.717, 1.165) is 6.42 Å². The molecule has 0 saturated carbocycles. The molecular weight excluding hydrogens is 170 g/mol. The van der Waals surface area contributed by atoms with Gasteiger partial charge in [-0.1, -0.05) is 20.8 Å². The van der Waals surface area contributed by atoms with Crippen molar-refractivity contribution in [2.75, 3.05) is 19.8 Å². The van der Waals surface area contributed by atoms with Gasteiger partial charge in [0, 0.05) is 6.61 Å². The minimum Gasteiger partial charge on any atom is -0.372 e. The Morgan fingerprint density at radius 1 is 1.46 bits per heavy atom. The Kier molecular flexibility index (Phi) is 7.63. The van der Waals surface area contributed by atoms with Crippen LogP contribution in [0.25, 0.3) is 0 Å². The molecule has 0 aliphatic heterocycles. The molecule has 0 aliphatic carbocycles. The SMILES string of the molecule is CCCOCC(=O)NOCC(C)C. The molecule has 0 radical (unpaired) electrons. The second-order valence-corrected chi connectivity index (χ2v) is 3.28. The van der Waals surface area contributed by atoms with Crippen LogP contribution in [0.3, 0.4) is 0 Å². The number of ether oxygens (including phenoxy) is 1. The van der Waals surface area contributed by atoms with E-state index in [4.69, 9.17) is 9.57 Å². The molecule has 0 aromatic rings. The quantitative estimate of drug-likeness (QED) is 0.482. The van der Waals surface area contributed by atoms with Gasteiger partial charge in [0.2, 0.25) is 0 Å². The molecule has 0 rings (SSSR count). The zero-order valence-corrected chi connectivity index (χ0v) is 8.63. The highest BCUT2D eigenvalue weighted by Crippen LogP contribution is 1.89. The maximum Gasteiger partial charge on any atom is 0.269 e. The number of amides is 1. The highest BCUT2D eigenvalue weighted by atomic mass is 16.7. The van der Waals surface area contributed by atoms with Crippen molar-refractivity contribution >= 4 is 5.91 Å².